The van der Waals surface area contributed by atoms with Crippen molar-refractivity contribution in [2.75, 3.05) is 19.7 Å². The predicted molar refractivity (Wildman–Crippen MR) is 66.4 cm³/mol. The molecule has 0 bridgehead atoms. The Morgan fingerprint density at radius 2 is 2.39 bits per heavy atom. The number of carbonyl (C=O) groups is 1. The quantitative estimate of drug-likeness (QED) is 0.876. The van der Waals surface area contributed by atoms with Gasteiger partial charge >= 0.3 is 0 Å². The number of hydrogen-bond acceptors (Lipinski definition) is 4. The average molecular weight is 252 g/mol. The first kappa shape index (κ1) is 13.0. The second-order valence-electron chi connectivity index (χ2n) is 4.85. The number of ether oxygens (including phenoxy) is 1. The van der Waals surface area contributed by atoms with Crippen LogP contribution in [0.5, 0.6) is 0 Å². The molecule has 6 heteroatoms. The number of amides is 1. The van der Waals surface area contributed by atoms with Crippen LogP contribution >= 0.6 is 0 Å². The lowest BCUT2D eigenvalue weighted by Gasteiger charge is -2.31. The minimum absolute atomic E-state index is 0.111. The lowest BCUT2D eigenvalue weighted by atomic mass is 10.2. The van der Waals surface area contributed by atoms with Crippen molar-refractivity contribution >= 4 is 5.91 Å². The smallest absolute Gasteiger partial charge is 0.293 e. The lowest BCUT2D eigenvalue weighted by molar-refractivity contribution is -0.0230. The Kier molecular flexibility index (Phi) is 3.96. The molecule has 2 heterocycles. The van der Waals surface area contributed by atoms with E-state index in [0.29, 0.717) is 19.7 Å². The molecule has 1 atom stereocenters. The summed E-state index contributed by atoms with van der Waals surface area (Å²) in [6.45, 7) is 7.91. The van der Waals surface area contributed by atoms with Crippen LogP contribution in [-0.2, 0) is 4.74 Å². The van der Waals surface area contributed by atoms with Crippen molar-refractivity contribution in [1.82, 2.24) is 20.1 Å². The van der Waals surface area contributed by atoms with E-state index in [9.17, 15) is 4.79 Å². The maximum absolute atomic E-state index is 12.2. The van der Waals surface area contributed by atoms with E-state index < -0.39 is 0 Å². The Labute approximate surface area is 107 Å². The van der Waals surface area contributed by atoms with Crippen molar-refractivity contribution in [3.8, 4) is 0 Å². The largest absolute Gasteiger partial charge is 0.375 e. The summed E-state index contributed by atoms with van der Waals surface area (Å²) < 4.78 is 5.54. The van der Waals surface area contributed by atoms with Crippen LogP contribution in [0.15, 0.2) is 0 Å². The lowest BCUT2D eigenvalue weighted by Crippen LogP contribution is -2.45. The highest BCUT2D eigenvalue weighted by Crippen LogP contribution is 2.12. The van der Waals surface area contributed by atoms with Gasteiger partial charge in [0.25, 0.3) is 5.91 Å². The van der Waals surface area contributed by atoms with Crippen LogP contribution in [0.1, 0.15) is 49.6 Å². The summed E-state index contributed by atoms with van der Waals surface area (Å²) in [6.07, 6.45) is 1.04. The van der Waals surface area contributed by atoms with E-state index in [2.05, 4.69) is 22.1 Å². The molecule has 100 valence electrons. The van der Waals surface area contributed by atoms with Crippen LogP contribution in [0.3, 0.4) is 0 Å². The van der Waals surface area contributed by atoms with Gasteiger partial charge in [0.2, 0.25) is 5.82 Å². The van der Waals surface area contributed by atoms with Crippen molar-refractivity contribution in [3.63, 3.8) is 0 Å². The third-order valence-electron chi connectivity index (χ3n) is 3.12. The Morgan fingerprint density at radius 3 is 3.00 bits per heavy atom. The molecule has 1 amide bonds. The molecule has 0 aliphatic carbocycles. The Morgan fingerprint density at radius 1 is 1.61 bits per heavy atom. The summed E-state index contributed by atoms with van der Waals surface area (Å²) in [5.41, 5.74) is 0. The van der Waals surface area contributed by atoms with Gasteiger partial charge in [-0.25, -0.2) is 4.98 Å². The van der Waals surface area contributed by atoms with Crippen LogP contribution in [0.25, 0.3) is 0 Å². The van der Waals surface area contributed by atoms with Crippen LogP contribution in [0, 0.1) is 0 Å². The third kappa shape index (κ3) is 2.69. The van der Waals surface area contributed by atoms with Gasteiger partial charge in [0, 0.05) is 19.0 Å². The highest BCUT2D eigenvalue weighted by atomic mass is 16.5. The number of carbonyl (C=O) groups excluding carboxylic acids is 1. The number of aromatic amines is 1. The number of aromatic nitrogens is 3. The molecule has 6 nitrogen and oxygen atoms in total. The molecule has 0 aromatic carbocycles. The maximum Gasteiger partial charge on any atom is 0.293 e. The summed E-state index contributed by atoms with van der Waals surface area (Å²) >= 11 is 0. The molecular formula is C12H20N4O2. The first-order chi connectivity index (χ1) is 8.61. The standard InChI is InChI=1S/C12H20N4O2/c1-4-9-7-16(5-6-18-9)12(17)11-13-10(8(2)3)14-15-11/h8-9H,4-7H2,1-3H3,(H,13,14,15). The van der Waals surface area contributed by atoms with Gasteiger partial charge in [-0.15, -0.1) is 5.10 Å². The Balaban J connectivity index is 2.05. The molecule has 1 aromatic heterocycles. The van der Waals surface area contributed by atoms with Crippen LogP contribution in [0.4, 0.5) is 0 Å². The maximum atomic E-state index is 12.2. The van der Waals surface area contributed by atoms with Gasteiger partial charge in [0.05, 0.1) is 12.7 Å². The molecule has 1 aliphatic heterocycles. The van der Waals surface area contributed by atoms with Gasteiger partial charge in [-0.3, -0.25) is 9.89 Å². The highest BCUT2D eigenvalue weighted by Gasteiger charge is 2.26. The predicted octanol–water partition coefficient (Wildman–Crippen LogP) is 1.18. The normalized spacial score (nSPS) is 20.4. The minimum Gasteiger partial charge on any atom is -0.375 e. The van der Waals surface area contributed by atoms with E-state index in [-0.39, 0.29) is 23.8 Å². The van der Waals surface area contributed by atoms with Gasteiger partial charge in [0.1, 0.15) is 5.82 Å². The molecule has 1 fully saturated rings. The summed E-state index contributed by atoms with van der Waals surface area (Å²) in [5, 5.41) is 6.81. The van der Waals surface area contributed by atoms with Crippen LogP contribution in [0.2, 0.25) is 0 Å². The third-order valence-corrected chi connectivity index (χ3v) is 3.12. The van der Waals surface area contributed by atoms with Gasteiger partial charge in [-0.05, 0) is 6.42 Å². The van der Waals surface area contributed by atoms with Gasteiger partial charge in [-0.2, -0.15) is 0 Å². The van der Waals surface area contributed by atoms with Gasteiger partial charge < -0.3 is 9.64 Å². The first-order valence-electron chi connectivity index (χ1n) is 6.45. The molecule has 1 aliphatic rings. The number of nitrogens with one attached hydrogen (secondary N) is 1. The van der Waals surface area contributed by atoms with Crippen molar-refractivity contribution < 1.29 is 9.53 Å². The summed E-state index contributed by atoms with van der Waals surface area (Å²) in [7, 11) is 0. The zero-order valence-electron chi connectivity index (χ0n) is 11.1. The van der Waals surface area contributed by atoms with Gasteiger partial charge in [0.15, 0.2) is 0 Å². The first-order valence-corrected chi connectivity index (χ1v) is 6.45. The molecule has 0 radical (unpaired) electrons. The zero-order valence-corrected chi connectivity index (χ0v) is 11.1. The van der Waals surface area contributed by atoms with E-state index in [1.54, 1.807) is 4.90 Å². The number of H-pyrrole nitrogens is 1. The number of rotatable bonds is 3. The summed E-state index contributed by atoms with van der Waals surface area (Å²) in [5.74, 6) is 1.14. The number of morpholine rings is 1. The number of nitrogens with zero attached hydrogens (tertiary/aromatic N) is 3. The van der Waals surface area contributed by atoms with E-state index in [1.165, 1.54) is 0 Å². The molecule has 2 rings (SSSR count). The molecular weight excluding hydrogens is 232 g/mol. The topological polar surface area (TPSA) is 71.1 Å². The van der Waals surface area contributed by atoms with Crippen molar-refractivity contribution in [2.24, 2.45) is 0 Å². The van der Waals surface area contributed by atoms with Crippen LogP contribution in [-0.4, -0.2) is 51.8 Å². The molecule has 0 spiro atoms. The van der Waals surface area contributed by atoms with Crippen LogP contribution < -0.4 is 0 Å². The molecule has 1 N–H and O–H groups in total. The van der Waals surface area contributed by atoms with Crippen molar-refractivity contribution in [3.05, 3.63) is 11.6 Å². The van der Waals surface area contributed by atoms with E-state index in [4.69, 9.17) is 4.74 Å². The molecule has 1 unspecified atom stereocenters. The fraction of sp³-hybridized carbons (Fsp3) is 0.750. The zero-order chi connectivity index (χ0) is 13.1. The SMILES string of the molecule is CCC1CN(C(=O)c2n[nH]c(C(C)C)n2)CCO1. The van der Waals surface area contributed by atoms with Crippen molar-refractivity contribution in [1.29, 1.82) is 0 Å². The Hall–Kier alpha value is -1.43. The molecule has 1 aromatic rings. The van der Waals surface area contributed by atoms with E-state index in [0.717, 1.165) is 12.2 Å². The minimum atomic E-state index is -0.111. The second-order valence-corrected chi connectivity index (χ2v) is 4.85. The summed E-state index contributed by atoms with van der Waals surface area (Å²) in [6, 6.07) is 0. The van der Waals surface area contributed by atoms with Gasteiger partial charge in [-0.1, -0.05) is 20.8 Å². The average Bonchev–Trinajstić information content (AvgIpc) is 2.87. The monoisotopic (exact) mass is 252 g/mol. The number of hydrogen-bond donors (Lipinski definition) is 1. The fourth-order valence-corrected chi connectivity index (χ4v) is 1.92. The Bertz CT molecular complexity index is 416. The molecule has 0 saturated carbocycles. The van der Waals surface area contributed by atoms with E-state index in [1.807, 2.05) is 13.8 Å². The van der Waals surface area contributed by atoms with E-state index >= 15 is 0 Å². The highest BCUT2D eigenvalue weighted by molar-refractivity contribution is 5.90. The summed E-state index contributed by atoms with van der Waals surface area (Å²) in [4.78, 5) is 18.2. The fourth-order valence-electron chi connectivity index (χ4n) is 1.92. The molecule has 1 saturated heterocycles. The molecule has 18 heavy (non-hydrogen) atoms. The van der Waals surface area contributed by atoms with Crippen molar-refractivity contribution in [2.45, 2.75) is 39.2 Å². The second kappa shape index (κ2) is 5.48.